The maximum atomic E-state index is 5.03. The maximum absolute atomic E-state index is 5.03. The lowest BCUT2D eigenvalue weighted by Gasteiger charge is -2.20. The fraction of sp³-hybridized carbons (Fsp3) is 0.769. The van der Waals surface area contributed by atoms with E-state index < -0.39 is 0 Å². The molecule has 0 saturated carbocycles. The Hall–Kier alpha value is -0.870. The summed E-state index contributed by atoms with van der Waals surface area (Å²) in [5.74, 6) is 0.598. The molecule has 0 amide bonds. The van der Waals surface area contributed by atoms with Crippen molar-refractivity contribution in [1.82, 2.24) is 15.1 Å². The van der Waals surface area contributed by atoms with Crippen LogP contribution in [0.25, 0.3) is 0 Å². The van der Waals surface area contributed by atoms with Crippen molar-refractivity contribution in [2.75, 3.05) is 20.3 Å². The van der Waals surface area contributed by atoms with E-state index in [0.717, 1.165) is 26.1 Å². The third kappa shape index (κ3) is 4.88. The van der Waals surface area contributed by atoms with Crippen molar-refractivity contribution in [1.29, 1.82) is 0 Å². The summed E-state index contributed by atoms with van der Waals surface area (Å²) in [6.07, 6.45) is 5.18. The van der Waals surface area contributed by atoms with Gasteiger partial charge in [-0.2, -0.15) is 5.10 Å². The van der Waals surface area contributed by atoms with Gasteiger partial charge in [0.15, 0.2) is 0 Å². The SMILES string of the molecule is CCn1cc(CC(C)C(C)NCCOC)cn1. The molecule has 0 bridgehead atoms. The Morgan fingerprint density at radius 3 is 2.82 bits per heavy atom. The maximum Gasteiger partial charge on any atom is 0.0587 e. The van der Waals surface area contributed by atoms with Gasteiger partial charge in [-0.05, 0) is 31.7 Å². The predicted octanol–water partition coefficient (Wildman–Crippen LogP) is 1.71. The van der Waals surface area contributed by atoms with Crippen molar-refractivity contribution in [2.45, 2.75) is 39.8 Å². The Kier molecular flexibility index (Phi) is 6.22. The summed E-state index contributed by atoms with van der Waals surface area (Å²) in [5, 5.41) is 7.77. The van der Waals surface area contributed by atoms with E-state index in [2.05, 4.69) is 37.4 Å². The van der Waals surface area contributed by atoms with Crippen molar-refractivity contribution in [3.8, 4) is 0 Å². The number of rotatable bonds is 8. The number of hydrogen-bond acceptors (Lipinski definition) is 3. The summed E-state index contributed by atoms with van der Waals surface area (Å²) in [4.78, 5) is 0. The van der Waals surface area contributed by atoms with Crippen LogP contribution < -0.4 is 5.32 Å². The van der Waals surface area contributed by atoms with Crippen LogP contribution in [0.3, 0.4) is 0 Å². The van der Waals surface area contributed by atoms with E-state index in [1.54, 1.807) is 7.11 Å². The molecule has 0 radical (unpaired) electrons. The summed E-state index contributed by atoms with van der Waals surface area (Å²) in [7, 11) is 1.73. The van der Waals surface area contributed by atoms with Crippen molar-refractivity contribution in [2.24, 2.45) is 5.92 Å². The average Bonchev–Trinajstić information content (AvgIpc) is 2.77. The first-order valence-corrected chi connectivity index (χ1v) is 6.41. The van der Waals surface area contributed by atoms with Crippen LogP contribution in [0.15, 0.2) is 12.4 Å². The topological polar surface area (TPSA) is 39.1 Å². The fourth-order valence-electron chi connectivity index (χ4n) is 1.82. The highest BCUT2D eigenvalue weighted by Gasteiger charge is 2.12. The standard InChI is InChI=1S/C13H25N3O/c1-5-16-10-13(9-15-16)8-11(2)12(3)14-6-7-17-4/h9-12,14H,5-8H2,1-4H3. The minimum Gasteiger partial charge on any atom is -0.383 e. The number of aromatic nitrogens is 2. The van der Waals surface area contributed by atoms with Crippen molar-refractivity contribution in [3.63, 3.8) is 0 Å². The zero-order valence-electron chi connectivity index (χ0n) is 11.4. The van der Waals surface area contributed by atoms with Gasteiger partial charge in [0.2, 0.25) is 0 Å². The molecule has 2 atom stereocenters. The first-order valence-electron chi connectivity index (χ1n) is 6.41. The molecule has 98 valence electrons. The number of nitrogens with zero attached hydrogens (tertiary/aromatic N) is 2. The Morgan fingerprint density at radius 1 is 1.47 bits per heavy atom. The average molecular weight is 239 g/mol. The molecule has 2 unspecified atom stereocenters. The highest BCUT2D eigenvalue weighted by atomic mass is 16.5. The van der Waals surface area contributed by atoms with Gasteiger partial charge in [-0.3, -0.25) is 4.68 Å². The van der Waals surface area contributed by atoms with Crippen molar-refractivity contribution < 1.29 is 4.74 Å². The van der Waals surface area contributed by atoms with E-state index in [4.69, 9.17) is 4.74 Å². The van der Waals surface area contributed by atoms with Crippen LogP contribution in [0.1, 0.15) is 26.3 Å². The van der Waals surface area contributed by atoms with Gasteiger partial charge in [0.1, 0.15) is 0 Å². The van der Waals surface area contributed by atoms with Crippen LogP contribution in [0.5, 0.6) is 0 Å². The molecule has 0 saturated heterocycles. The lowest BCUT2D eigenvalue weighted by molar-refractivity contribution is 0.192. The predicted molar refractivity (Wildman–Crippen MR) is 70.1 cm³/mol. The van der Waals surface area contributed by atoms with Gasteiger partial charge in [-0.15, -0.1) is 0 Å². The summed E-state index contributed by atoms with van der Waals surface area (Å²) in [5.41, 5.74) is 1.32. The number of aryl methyl sites for hydroxylation is 1. The van der Waals surface area contributed by atoms with Gasteiger partial charge in [-0.25, -0.2) is 0 Å². The van der Waals surface area contributed by atoms with E-state index in [9.17, 15) is 0 Å². The third-order valence-electron chi connectivity index (χ3n) is 3.19. The molecule has 1 aromatic rings. The highest BCUT2D eigenvalue weighted by Crippen LogP contribution is 2.11. The summed E-state index contributed by atoms with van der Waals surface area (Å²) in [6.45, 7) is 9.23. The molecule has 0 aromatic carbocycles. The molecule has 0 aliphatic rings. The van der Waals surface area contributed by atoms with Gasteiger partial charge < -0.3 is 10.1 Å². The summed E-state index contributed by atoms with van der Waals surface area (Å²) < 4.78 is 7.01. The molecule has 1 N–H and O–H groups in total. The smallest absolute Gasteiger partial charge is 0.0587 e. The van der Waals surface area contributed by atoms with Crippen molar-refractivity contribution >= 4 is 0 Å². The van der Waals surface area contributed by atoms with E-state index in [0.29, 0.717) is 12.0 Å². The minimum atomic E-state index is 0.495. The number of nitrogens with one attached hydrogen (secondary N) is 1. The number of hydrogen-bond donors (Lipinski definition) is 1. The summed E-state index contributed by atoms with van der Waals surface area (Å²) >= 11 is 0. The monoisotopic (exact) mass is 239 g/mol. The van der Waals surface area contributed by atoms with E-state index >= 15 is 0 Å². The second-order valence-electron chi connectivity index (χ2n) is 4.62. The van der Waals surface area contributed by atoms with Gasteiger partial charge in [-0.1, -0.05) is 6.92 Å². The molecule has 1 heterocycles. The molecule has 4 nitrogen and oxygen atoms in total. The Bertz CT molecular complexity index is 311. The molecule has 1 rings (SSSR count). The molecular weight excluding hydrogens is 214 g/mol. The van der Waals surface area contributed by atoms with Gasteiger partial charge >= 0.3 is 0 Å². The lowest BCUT2D eigenvalue weighted by Crippen LogP contribution is -2.35. The molecule has 0 aliphatic heterocycles. The van der Waals surface area contributed by atoms with Crippen LogP contribution in [0.4, 0.5) is 0 Å². The normalized spacial score (nSPS) is 14.8. The molecule has 4 heteroatoms. The molecular formula is C13H25N3O. The number of methoxy groups -OCH3 is 1. The molecule has 1 aromatic heterocycles. The van der Waals surface area contributed by atoms with Crippen LogP contribution >= 0.6 is 0 Å². The number of ether oxygens (including phenoxy) is 1. The Morgan fingerprint density at radius 2 is 2.24 bits per heavy atom. The van der Waals surface area contributed by atoms with Crippen LogP contribution in [-0.2, 0) is 17.7 Å². The zero-order valence-corrected chi connectivity index (χ0v) is 11.4. The van der Waals surface area contributed by atoms with Gasteiger partial charge in [0.05, 0.1) is 12.8 Å². The third-order valence-corrected chi connectivity index (χ3v) is 3.19. The van der Waals surface area contributed by atoms with Gasteiger partial charge in [0.25, 0.3) is 0 Å². The second-order valence-corrected chi connectivity index (χ2v) is 4.62. The van der Waals surface area contributed by atoms with E-state index in [-0.39, 0.29) is 0 Å². The second kappa shape index (κ2) is 7.45. The minimum absolute atomic E-state index is 0.495. The fourth-order valence-corrected chi connectivity index (χ4v) is 1.82. The molecule has 17 heavy (non-hydrogen) atoms. The lowest BCUT2D eigenvalue weighted by atomic mass is 9.96. The largest absolute Gasteiger partial charge is 0.383 e. The quantitative estimate of drug-likeness (QED) is 0.702. The van der Waals surface area contributed by atoms with Crippen LogP contribution in [0, 0.1) is 5.92 Å². The molecule has 0 aliphatic carbocycles. The van der Waals surface area contributed by atoms with Crippen molar-refractivity contribution in [3.05, 3.63) is 18.0 Å². The highest BCUT2D eigenvalue weighted by molar-refractivity contribution is 5.05. The Labute approximate surface area is 104 Å². The first-order chi connectivity index (χ1) is 8.17. The first kappa shape index (κ1) is 14.2. The Balaban J connectivity index is 2.34. The summed E-state index contributed by atoms with van der Waals surface area (Å²) in [6, 6.07) is 0.495. The van der Waals surface area contributed by atoms with Crippen LogP contribution in [0.2, 0.25) is 0 Å². The molecule has 0 fully saturated rings. The van der Waals surface area contributed by atoms with Gasteiger partial charge in [0, 0.05) is 32.4 Å². The van der Waals surface area contributed by atoms with Crippen LogP contribution in [-0.4, -0.2) is 36.1 Å². The molecule has 0 spiro atoms. The van der Waals surface area contributed by atoms with E-state index in [1.807, 2.05) is 10.9 Å². The zero-order chi connectivity index (χ0) is 12.7. The van der Waals surface area contributed by atoms with E-state index in [1.165, 1.54) is 5.56 Å².